The van der Waals surface area contributed by atoms with E-state index in [0.717, 1.165) is 22.4 Å². The Bertz CT molecular complexity index is 2990. The summed E-state index contributed by atoms with van der Waals surface area (Å²) in [6.07, 6.45) is 0. The van der Waals surface area contributed by atoms with Gasteiger partial charge in [-0.05, 0) is 99.6 Å². The largest absolute Gasteiger partial charge is 0.456 e. The molecule has 1 aliphatic heterocycles. The predicted molar refractivity (Wildman–Crippen MR) is 216 cm³/mol. The van der Waals surface area contributed by atoms with Crippen molar-refractivity contribution in [2.75, 3.05) is 0 Å². The summed E-state index contributed by atoms with van der Waals surface area (Å²) in [5.74, 6) is 1.81. The van der Waals surface area contributed by atoms with Crippen LogP contribution in [0.1, 0.15) is 0 Å². The highest BCUT2D eigenvalue weighted by Crippen LogP contribution is 2.53. The first-order chi connectivity index (χ1) is 25.3. The lowest BCUT2D eigenvalue weighted by atomic mass is 9.79. The zero-order valence-corrected chi connectivity index (χ0v) is 27.7. The molecule has 0 saturated carbocycles. The maximum atomic E-state index is 6.52. The maximum absolute atomic E-state index is 6.52. The van der Waals surface area contributed by atoms with Gasteiger partial charge in [0.25, 0.3) is 0 Å². The Labute approximate surface area is 295 Å². The van der Waals surface area contributed by atoms with Crippen LogP contribution in [0.5, 0.6) is 11.5 Å². The highest BCUT2D eigenvalue weighted by atomic mass is 16.5. The molecule has 10 aromatic carbocycles. The van der Waals surface area contributed by atoms with Crippen LogP contribution in [0.25, 0.3) is 98.4 Å². The predicted octanol–water partition coefficient (Wildman–Crippen LogP) is 14.2. The molecule has 0 bridgehead atoms. The summed E-state index contributed by atoms with van der Waals surface area (Å²) in [6.45, 7) is 0. The Morgan fingerprint density at radius 2 is 0.686 bits per heavy atom. The summed E-state index contributed by atoms with van der Waals surface area (Å²) in [7, 11) is 0. The van der Waals surface area contributed by atoms with Crippen LogP contribution in [0.4, 0.5) is 0 Å². The molecule has 0 N–H and O–H groups in total. The fourth-order valence-corrected chi connectivity index (χ4v) is 8.79. The van der Waals surface area contributed by atoms with Gasteiger partial charge in [0.05, 0.1) is 0 Å². The summed E-state index contributed by atoms with van der Waals surface area (Å²) < 4.78 is 6.52. The Hall–Kier alpha value is -6.70. The molecule has 0 spiro atoms. The fraction of sp³-hybridized carbons (Fsp3) is 0. The van der Waals surface area contributed by atoms with Crippen molar-refractivity contribution in [2.45, 2.75) is 0 Å². The summed E-state index contributed by atoms with van der Waals surface area (Å²) in [5, 5.41) is 12.4. The molecule has 1 heterocycles. The molecule has 0 fully saturated rings. The highest BCUT2D eigenvalue weighted by Gasteiger charge is 2.26. The SMILES string of the molecule is c1ccc(-c2c(-c3c4ccccc4c(-c4ccc5c6c(cccc46)Oc4ccccc4-5)c4ccccc34)c3ccccc3c3ccccc23)cc1. The lowest BCUT2D eigenvalue weighted by Gasteiger charge is -2.25. The first kappa shape index (κ1) is 28.2. The molecule has 236 valence electrons. The van der Waals surface area contributed by atoms with E-state index in [4.69, 9.17) is 4.74 Å². The van der Waals surface area contributed by atoms with E-state index in [0.29, 0.717) is 0 Å². The minimum absolute atomic E-state index is 0.905. The van der Waals surface area contributed by atoms with Crippen molar-refractivity contribution < 1.29 is 4.74 Å². The van der Waals surface area contributed by atoms with E-state index in [1.54, 1.807) is 0 Å². The standard InChI is InChI=1S/C50H30O/c1-2-15-31(16-3-1)46-35-20-6-4-17-32(35)33-18-5-7-21-36(33)50(46)49-40-24-10-8-22-37(40)47(38-23-9-11-25-41(38)49)43-30-29-42-34-19-12-13-27-44(34)51-45-28-14-26-39(43)48(42)45/h1-30H. The van der Waals surface area contributed by atoms with E-state index in [1.807, 2.05) is 6.07 Å². The van der Waals surface area contributed by atoms with Gasteiger partial charge >= 0.3 is 0 Å². The van der Waals surface area contributed by atoms with Crippen LogP contribution in [-0.4, -0.2) is 0 Å². The van der Waals surface area contributed by atoms with Gasteiger partial charge in [0.2, 0.25) is 0 Å². The highest BCUT2D eigenvalue weighted by molar-refractivity contribution is 6.30. The van der Waals surface area contributed by atoms with E-state index in [1.165, 1.54) is 87.4 Å². The van der Waals surface area contributed by atoms with Crippen molar-refractivity contribution in [3.8, 4) is 56.0 Å². The number of para-hydroxylation sites is 1. The van der Waals surface area contributed by atoms with Crippen molar-refractivity contribution in [1.29, 1.82) is 0 Å². The van der Waals surface area contributed by atoms with E-state index >= 15 is 0 Å². The molecule has 0 aromatic heterocycles. The van der Waals surface area contributed by atoms with E-state index in [9.17, 15) is 0 Å². The van der Waals surface area contributed by atoms with Crippen molar-refractivity contribution in [2.24, 2.45) is 0 Å². The van der Waals surface area contributed by atoms with Crippen LogP contribution in [0.15, 0.2) is 182 Å². The van der Waals surface area contributed by atoms with Gasteiger partial charge in [0.1, 0.15) is 11.5 Å². The third kappa shape index (κ3) is 4.03. The first-order valence-electron chi connectivity index (χ1n) is 17.6. The van der Waals surface area contributed by atoms with Gasteiger partial charge in [0.15, 0.2) is 0 Å². The second-order valence-corrected chi connectivity index (χ2v) is 13.5. The van der Waals surface area contributed by atoms with Crippen LogP contribution in [0, 0.1) is 0 Å². The molecule has 0 atom stereocenters. The zero-order chi connectivity index (χ0) is 33.5. The monoisotopic (exact) mass is 646 g/mol. The molecule has 0 aliphatic carbocycles. The zero-order valence-electron chi connectivity index (χ0n) is 27.7. The fourth-order valence-electron chi connectivity index (χ4n) is 8.79. The molecule has 10 aromatic rings. The van der Waals surface area contributed by atoms with Crippen LogP contribution in [0.2, 0.25) is 0 Å². The number of benzene rings is 10. The summed E-state index contributed by atoms with van der Waals surface area (Å²) >= 11 is 0. The van der Waals surface area contributed by atoms with E-state index in [2.05, 4.69) is 176 Å². The van der Waals surface area contributed by atoms with Gasteiger partial charge in [-0.25, -0.2) is 0 Å². The van der Waals surface area contributed by atoms with Crippen molar-refractivity contribution in [1.82, 2.24) is 0 Å². The lowest BCUT2D eigenvalue weighted by Crippen LogP contribution is -1.98. The Morgan fingerprint density at radius 3 is 1.33 bits per heavy atom. The molecule has 1 heteroatoms. The Morgan fingerprint density at radius 1 is 0.235 bits per heavy atom. The number of hydrogen-bond acceptors (Lipinski definition) is 1. The third-order valence-corrected chi connectivity index (χ3v) is 10.8. The first-order valence-corrected chi connectivity index (χ1v) is 17.6. The van der Waals surface area contributed by atoms with Gasteiger partial charge in [-0.2, -0.15) is 0 Å². The van der Waals surface area contributed by atoms with Crippen molar-refractivity contribution >= 4 is 53.9 Å². The Balaban J connectivity index is 1.32. The number of rotatable bonds is 3. The molecule has 51 heavy (non-hydrogen) atoms. The summed E-state index contributed by atoms with van der Waals surface area (Å²) in [5.41, 5.74) is 9.84. The van der Waals surface area contributed by atoms with Gasteiger partial charge in [-0.1, -0.05) is 170 Å². The van der Waals surface area contributed by atoms with Crippen molar-refractivity contribution in [3.05, 3.63) is 182 Å². The second-order valence-electron chi connectivity index (χ2n) is 13.5. The maximum Gasteiger partial charge on any atom is 0.135 e. The van der Waals surface area contributed by atoms with Crippen LogP contribution in [0.3, 0.4) is 0 Å². The van der Waals surface area contributed by atoms with Crippen LogP contribution in [-0.2, 0) is 0 Å². The average molecular weight is 647 g/mol. The summed E-state index contributed by atoms with van der Waals surface area (Å²) in [6, 6.07) is 66.3. The minimum atomic E-state index is 0.905. The van der Waals surface area contributed by atoms with Crippen LogP contribution >= 0.6 is 0 Å². The molecule has 1 aliphatic rings. The topological polar surface area (TPSA) is 9.23 Å². The molecule has 0 saturated heterocycles. The number of ether oxygens (including phenoxy) is 1. The summed E-state index contributed by atoms with van der Waals surface area (Å²) in [4.78, 5) is 0. The van der Waals surface area contributed by atoms with Gasteiger partial charge < -0.3 is 4.74 Å². The van der Waals surface area contributed by atoms with E-state index in [-0.39, 0.29) is 0 Å². The van der Waals surface area contributed by atoms with Gasteiger partial charge in [-0.3, -0.25) is 0 Å². The molecule has 1 nitrogen and oxygen atoms in total. The molecular weight excluding hydrogens is 617 g/mol. The van der Waals surface area contributed by atoms with Crippen molar-refractivity contribution in [3.63, 3.8) is 0 Å². The normalized spacial score (nSPS) is 12.1. The number of hydrogen-bond donors (Lipinski definition) is 0. The molecule has 0 radical (unpaired) electrons. The molecular formula is C50H30O. The van der Waals surface area contributed by atoms with E-state index < -0.39 is 0 Å². The molecule has 11 rings (SSSR count). The molecule has 0 unspecified atom stereocenters. The second kappa shape index (κ2) is 10.9. The minimum Gasteiger partial charge on any atom is -0.456 e. The smallest absolute Gasteiger partial charge is 0.135 e. The number of fused-ring (bicyclic) bond motifs is 7. The van der Waals surface area contributed by atoms with Gasteiger partial charge in [0, 0.05) is 10.9 Å². The lowest BCUT2D eigenvalue weighted by molar-refractivity contribution is 0.487. The quantitative estimate of drug-likeness (QED) is 0.137. The van der Waals surface area contributed by atoms with Gasteiger partial charge in [-0.15, -0.1) is 0 Å². The average Bonchev–Trinajstić information content (AvgIpc) is 3.20. The third-order valence-electron chi connectivity index (χ3n) is 10.8. The molecule has 0 amide bonds. The Kier molecular flexibility index (Phi) is 6.02. The van der Waals surface area contributed by atoms with Crippen LogP contribution < -0.4 is 4.74 Å².